The molecule has 10 nitrogen and oxygen atoms in total. The molecule has 6 rings (SSSR count). The molecule has 4 fully saturated rings. The summed E-state index contributed by atoms with van der Waals surface area (Å²) in [7, 11) is -0.562. The Kier molecular flexibility index (Phi) is 10.5. The van der Waals surface area contributed by atoms with E-state index in [4.69, 9.17) is 0 Å². The third-order valence-electron chi connectivity index (χ3n) is 11.8. The minimum absolute atomic E-state index is 0.00189. The first kappa shape index (κ1) is 36.5. The molecule has 1 aliphatic carbocycles. The zero-order chi connectivity index (χ0) is 35.8. The van der Waals surface area contributed by atoms with E-state index in [9.17, 15) is 27.5 Å². The number of hydrogen-bond acceptors (Lipinski definition) is 6. The van der Waals surface area contributed by atoms with Crippen LogP contribution in [-0.2, 0) is 27.0 Å². The number of hydrogen-bond donors (Lipinski definition) is 2. The molecule has 0 aromatic heterocycles. The molecule has 4 atom stereocenters. The van der Waals surface area contributed by atoms with Gasteiger partial charge in [0, 0.05) is 69.7 Å². The van der Waals surface area contributed by atoms with E-state index in [0.717, 1.165) is 56.9 Å². The summed E-state index contributed by atoms with van der Waals surface area (Å²) in [5, 5.41) is 15.4. The summed E-state index contributed by atoms with van der Waals surface area (Å²) in [6.45, 7) is 7.88. The monoisotopic (exact) mass is 709 g/mol. The third-order valence-corrected chi connectivity index (χ3v) is 13.6. The van der Waals surface area contributed by atoms with E-state index < -0.39 is 27.0 Å². The van der Waals surface area contributed by atoms with Crippen molar-refractivity contribution in [1.82, 2.24) is 24.3 Å². The van der Waals surface area contributed by atoms with Crippen molar-refractivity contribution in [3.8, 4) is 0 Å². The van der Waals surface area contributed by atoms with Crippen LogP contribution in [0.4, 0.5) is 9.18 Å². The topological polar surface area (TPSA) is 113 Å². The Morgan fingerprint density at radius 1 is 1.06 bits per heavy atom. The van der Waals surface area contributed by atoms with Crippen molar-refractivity contribution in [3.05, 3.63) is 78.1 Å². The van der Waals surface area contributed by atoms with Gasteiger partial charge >= 0.3 is 6.03 Å². The van der Waals surface area contributed by atoms with Crippen LogP contribution >= 0.6 is 0 Å². The summed E-state index contributed by atoms with van der Waals surface area (Å²) in [5.74, 6) is -0.583. The molecular weight excluding hydrogens is 658 g/mol. The lowest BCUT2D eigenvalue weighted by Crippen LogP contribution is -2.61. The number of halogens is 1. The molecule has 2 unspecified atom stereocenters. The van der Waals surface area contributed by atoms with Crippen molar-refractivity contribution in [2.45, 2.75) is 93.0 Å². The van der Waals surface area contributed by atoms with Crippen molar-refractivity contribution in [2.24, 2.45) is 11.8 Å². The maximum Gasteiger partial charge on any atom is 0.318 e. The molecule has 2 aromatic carbocycles. The summed E-state index contributed by atoms with van der Waals surface area (Å²) in [4.78, 5) is 33.7. The van der Waals surface area contributed by atoms with Gasteiger partial charge in [0.25, 0.3) is 0 Å². The Balaban J connectivity index is 1.15. The van der Waals surface area contributed by atoms with E-state index in [1.807, 2.05) is 9.80 Å². The van der Waals surface area contributed by atoms with Crippen molar-refractivity contribution >= 4 is 22.0 Å². The molecule has 3 heterocycles. The molecule has 1 saturated carbocycles. The number of amides is 3. The Morgan fingerprint density at radius 3 is 2.32 bits per heavy atom. The fraction of sp³-hybridized carbons (Fsp3) is 0.579. The summed E-state index contributed by atoms with van der Waals surface area (Å²) in [6, 6.07) is 12.9. The average Bonchev–Trinajstić information content (AvgIpc) is 3.80. The molecule has 2 aromatic rings. The predicted molar refractivity (Wildman–Crippen MR) is 190 cm³/mol. The number of carbonyl (C=O) groups is 2. The molecule has 272 valence electrons. The van der Waals surface area contributed by atoms with Gasteiger partial charge in [-0.25, -0.2) is 21.9 Å². The van der Waals surface area contributed by atoms with Crippen LogP contribution in [0.5, 0.6) is 0 Å². The van der Waals surface area contributed by atoms with Crippen molar-refractivity contribution < 1.29 is 27.5 Å². The quantitative estimate of drug-likeness (QED) is 0.328. The summed E-state index contributed by atoms with van der Waals surface area (Å²) < 4.78 is 40.5. The molecule has 2 N–H and O–H groups in total. The van der Waals surface area contributed by atoms with Crippen LogP contribution < -0.4 is 5.32 Å². The van der Waals surface area contributed by atoms with Gasteiger partial charge in [0.2, 0.25) is 15.9 Å². The van der Waals surface area contributed by atoms with Gasteiger partial charge in [-0.05, 0) is 80.8 Å². The number of likely N-dealkylation sites (tertiary alicyclic amines) is 1. The minimum Gasteiger partial charge on any atom is -0.383 e. The van der Waals surface area contributed by atoms with Crippen molar-refractivity contribution in [2.75, 3.05) is 40.3 Å². The molecule has 4 aliphatic rings. The van der Waals surface area contributed by atoms with Gasteiger partial charge < -0.3 is 20.2 Å². The lowest BCUT2D eigenvalue weighted by molar-refractivity contribution is -0.135. The van der Waals surface area contributed by atoms with E-state index in [-0.39, 0.29) is 53.8 Å². The van der Waals surface area contributed by atoms with E-state index in [1.54, 1.807) is 42.5 Å². The molecule has 50 heavy (non-hydrogen) atoms. The second-order valence-electron chi connectivity index (χ2n) is 15.3. The molecule has 3 amide bonds. The number of nitrogens with zero attached hydrogens (tertiary/aromatic N) is 4. The molecular formula is C38H52FN5O5S. The summed E-state index contributed by atoms with van der Waals surface area (Å²) in [6.07, 6.45) is 9.06. The van der Waals surface area contributed by atoms with E-state index in [1.165, 1.54) is 30.5 Å². The first-order valence-electron chi connectivity index (χ1n) is 18.0. The Hall–Kier alpha value is -3.32. The summed E-state index contributed by atoms with van der Waals surface area (Å²) in [5.41, 5.74) is -0.498. The van der Waals surface area contributed by atoms with Crippen LogP contribution in [0.25, 0.3) is 0 Å². The van der Waals surface area contributed by atoms with Crippen LogP contribution in [-0.4, -0.2) is 102 Å². The number of benzene rings is 2. The average molecular weight is 710 g/mol. The number of carbonyl (C=O) groups excluding carboxylic acids is 2. The van der Waals surface area contributed by atoms with E-state index in [0.29, 0.717) is 25.2 Å². The minimum atomic E-state index is -3.54. The molecule has 0 radical (unpaired) electrons. The Bertz CT molecular complexity index is 1670. The molecule has 3 saturated heterocycles. The highest BCUT2D eigenvalue weighted by molar-refractivity contribution is 7.89. The SMILES string of the molecule is C=CCN(C(=O)NCc1ccc(S(=O)(=O)N(C)C)cc1)C1(C)CC2CCC(C1)N2C[C@H]1CN(C(=O)C2CCCC2)C[C@]1(O)c1cccc(F)c1. The van der Waals surface area contributed by atoms with Crippen LogP contribution in [0, 0.1) is 17.7 Å². The number of β-amino-alcohol motifs (C(OH)–C–C–N with tert-alkyl or cyclic N) is 1. The lowest BCUT2D eigenvalue weighted by Gasteiger charge is -2.51. The van der Waals surface area contributed by atoms with E-state index in [2.05, 4.69) is 23.7 Å². The standard InChI is InChI=1S/C38H52FN5O5S/c1-5-19-44(36(46)40-23-27-13-17-34(18-14-27)50(48,49)41(3)4)37(2)21-32-15-16-33(22-37)43(32)25-30-24-42(35(45)28-9-6-7-10-28)26-38(30,47)29-11-8-12-31(39)20-29/h5,8,11-14,17-18,20,28,30,32-33,47H,1,6-7,9-10,15-16,19,21-26H2,2-4H3,(H,40,46)/t30-,32?,33?,37?,38+/m1/s1. The third kappa shape index (κ3) is 7.09. The molecule has 3 aliphatic heterocycles. The fourth-order valence-electron chi connectivity index (χ4n) is 9.06. The number of nitrogens with one attached hydrogen (secondary N) is 1. The second-order valence-corrected chi connectivity index (χ2v) is 17.5. The number of sulfonamides is 1. The lowest BCUT2D eigenvalue weighted by atomic mass is 9.80. The van der Waals surface area contributed by atoms with Crippen molar-refractivity contribution in [1.29, 1.82) is 0 Å². The Morgan fingerprint density at radius 2 is 1.72 bits per heavy atom. The number of piperidine rings is 1. The predicted octanol–water partition coefficient (Wildman–Crippen LogP) is 4.70. The van der Waals surface area contributed by atoms with Gasteiger partial charge in [-0.3, -0.25) is 9.69 Å². The molecule has 12 heteroatoms. The van der Waals surface area contributed by atoms with Gasteiger partial charge in [-0.2, -0.15) is 0 Å². The highest BCUT2D eigenvalue weighted by Gasteiger charge is 2.54. The van der Waals surface area contributed by atoms with Gasteiger partial charge in [-0.15, -0.1) is 6.58 Å². The maximum absolute atomic E-state index is 14.5. The number of fused-ring (bicyclic) bond motifs is 2. The zero-order valence-corrected chi connectivity index (χ0v) is 30.4. The highest BCUT2D eigenvalue weighted by atomic mass is 32.2. The van der Waals surface area contributed by atoms with Crippen LogP contribution in [0.3, 0.4) is 0 Å². The van der Waals surface area contributed by atoms with Gasteiger partial charge in [0.1, 0.15) is 11.4 Å². The van der Waals surface area contributed by atoms with Crippen LogP contribution in [0.2, 0.25) is 0 Å². The van der Waals surface area contributed by atoms with Gasteiger partial charge in [0.05, 0.1) is 11.4 Å². The highest BCUT2D eigenvalue weighted by Crippen LogP contribution is 2.47. The molecule has 2 bridgehead atoms. The first-order valence-corrected chi connectivity index (χ1v) is 19.4. The normalized spacial score (nSPS) is 28.7. The smallest absolute Gasteiger partial charge is 0.318 e. The zero-order valence-electron chi connectivity index (χ0n) is 29.6. The van der Waals surface area contributed by atoms with Crippen LogP contribution in [0.15, 0.2) is 66.1 Å². The first-order chi connectivity index (χ1) is 23.7. The Labute approximate surface area is 296 Å². The van der Waals surface area contributed by atoms with Crippen LogP contribution in [0.1, 0.15) is 69.4 Å². The second kappa shape index (κ2) is 14.4. The van der Waals surface area contributed by atoms with Gasteiger partial charge in [-0.1, -0.05) is 43.2 Å². The maximum atomic E-state index is 14.5. The van der Waals surface area contributed by atoms with Crippen molar-refractivity contribution in [3.63, 3.8) is 0 Å². The summed E-state index contributed by atoms with van der Waals surface area (Å²) >= 11 is 0. The molecule has 0 spiro atoms. The number of urea groups is 1. The number of rotatable bonds is 11. The fourth-order valence-corrected chi connectivity index (χ4v) is 9.96. The van der Waals surface area contributed by atoms with E-state index >= 15 is 0 Å². The number of aliphatic hydroxyl groups is 1. The largest absolute Gasteiger partial charge is 0.383 e. The van der Waals surface area contributed by atoms with Gasteiger partial charge in [0.15, 0.2) is 0 Å².